The fraction of sp³-hybridized carbons (Fsp3) is 0.200. The van der Waals surface area contributed by atoms with Gasteiger partial charge in [-0.15, -0.1) is 0 Å². The van der Waals surface area contributed by atoms with Crippen LogP contribution in [-0.4, -0.2) is 23.5 Å². The SMILES string of the molecule is NC(=O)c1cc(C(F)(F)F)ccc1NCC(=O)O. The molecule has 0 saturated carbocycles. The quantitative estimate of drug-likeness (QED) is 0.762. The number of carboxylic acids is 1. The summed E-state index contributed by atoms with van der Waals surface area (Å²) in [5.41, 5.74) is 3.44. The highest BCUT2D eigenvalue weighted by atomic mass is 19.4. The fourth-order valence-corrected chi connectivity index (χ4v) is 1.25. The van der Waals surface area contributed by atoms with Crippen LogP contribution in [0.2, 0.25) is 0 Å². The van der Waals surface area contributed by atoms with Crippen molar-refractivity contribution in [1.29, 1.82) is 0 Å². The van der Waals surface area contributed by atoms with Crippen molar-refractivity contribution >= 4 is 17.6 Å². The summed E-state index contributed by atoms with van der Waals surface area (Å²) in [7, 11) is 0. The number of nitrogens with two attached hydrogens (primary N) is 1. The van der Waals surface area contributed by atoms with Crippen molar-refractivity contribution in [2.75, 3.05) is 11.9 Å². The van der Waals surface area contributed by atoms with Gasteiger partial charge in [0.1, 0.15) is 6.54 Å². The third-order valence-electron chi connectivity index (χ3n) is 2.04. The first-order valence-corrected chi connectivity index (χ1v) is 4.68. The number of carbonyl (C=O) groups is 2. The molecule has 0 aromatic heterocycles. The summed E-state index contributed by atoms with van der Waals surface area (Å²) in [6, 6.07) is 2.27. The minimum absolute atomic E-state index is 0.0575. The Balaban J connectivity index is 3.13. The standard InChI is InChI=1S/C10H9F3N2O3/c11-10(12,13)5-1-2-7(15-4-8(16)17)6(3-5)9(14)18/h1-3,15H,4H2,(H2,14,18)(H,16,17). The molecule has 0 aliphatic heterocycles. The molecule has 0 unspecified atom stereocenters. The van der Waals surface area contributed by atoms with Crippen LogP contribution in [0.1, 0.15) is 15.9 Å². The van der Waals surface area contributed by atoms with Gasteiger partial charge in [0, 0.05) is 5.69 Å². The number of halogens is 3. The number of hydrogen-bond acceptors (Lipinski definition) is 3. The van der Waals surface area contributed by atoms with Crippen molar-refractivity contribution in [2.45, 2.75) is 6.18 Å². The van der Waals surface area contributed by atoms with Gasteiger partial charge >= 0.3 is 12.1 Å². The molecule has 0 heterocycles. The highest BCUT2D eigenvalue weighted by molar-refractivity contribution is 5.99. The van der Waals surface area contributed by atoms with Crippen molar-refractivity contribution in [1.82, 2.24) is 0 Å². The Bertz CT molecular complexity index is 486. The Labute approximate surface area is 99.4 Å². The average molecular weight is 262 g/mol. The van der Waals surface area contributed by atoms with E-state index in [1.807, 2.05) is 0 Å². The zero-order chi connectivity index (χ0) is 13.9. The number of amides is 1. The number of carboxylic acid groups (broad SMARTS) is 1. The van der Waals surface area contributed by atoms with E-state index in [2.05, 4.69) is 5.32 Å². The smallest absolute Gasteiger partial charge is 0.416 e. The molecule has 0 radical (unpaired) electrons. The monoisotopic (exact) mass is 262 g/mol. The number of hydrogen-bond donors (Lipinski definition) is 3. The van der Waals surface area contributed by atoms with Gasteiger partial charge in [0.25, 0.3) is 5.91 Å². The normalized spacial score (nSPS) is 11.1. The minimum atomic E-state index is -4.60. The van der Waals surface area contributed by atoms with Crippen LogP contribution in [0.4, 0.5) is 18.9 Å². The summed E-state index contributed by atoms with van der Waals surface area (Å²) in [4.78, 5) is 21.3. The number of carbonyl (C=O) groups excluding carboxylic acids is 1. The number of benzene rings is 1. The van der Waals surface area contributed by atoms with Crippen LogP contribution in [0.25, 0.3) is 0 Å². The van der Waals surface area contributed by atoms with Gasteiger partial charge in [-0.05, 0) is 18.2 Å². The van der Waals surface area contributed by atoms with Crippen molar-refractivity contribution in [3.63, 3.8) is 0 Å². The number of primary amides is 1. The summed E-state index contributed by atoms with van der Waals surface area (Å²) in [5, 5.41) is 10.7. The summed E-state index contributed by atoms with van der Waals surface area (Å²) in [5.74, 6) is -2.29. The van der Waals surface area contributed by atoms with Crippen molar-refractivity contribution in [3.05, 3.63) is 29.3 Å². The highest BCUT2D eigenvalue weighted by Crippen LogP contribution is 2.31. The molecule has 8 heteroatoms. The first kappa shape index (κ1) is 13.8. The minimum Gasteiger partial charge on any atom is -0.480 e. The number of anilines is 1. The van der Waals surface area contributed by atoms with Crippen LogP contribution < -0.4 is 11.1 Å². The molecule has 4 N–H and O–H groups in total. The van der Waals surface area contributed by atoms with E-state index in [1.165, 1.54) is 0 Å². The van der Waals surface area contributed by atoms with Crippen LogP contribution in [-0.2, 0) is 11.0 Å². The summed E-state index contributed by atoms with van der Waals surface area (Å²) < 4.78 is 37.2. The topological polar surface area (TPSA) is 92.4 Å². The van der Waals surface area contributed by atoms with E-state index in [0.29, 0.717) is 6.07 Å². The largest absolute Gasteiger partial charge is 0.480 e. The molecule has 1 rings (SSSR count). The predicted octanol–water partition coefficient (Wildman–Crippen LogP) is 1.30. The van der Waals surface area contributed by atoms with E-state index in [0.717, 1.165) is 12.1 Å². The second kappa shape index (κ2) is 4.94. The number of alkyl halides is 3. The first-order valence-electron chi connectivity index (χ1n) is 4.68. The Morgan fingerprint density at radius 2 is 1.94 bits per heavy atom. The molecule has 1 aromatic rings. The molecule has 0 spiro atoms. The average Bonchev–Trinajstić information content (AvgIpc) is 2.24. The molecule has 98 valence electrons. The Hall–Kier alpha value is -2.25. The zero-order valence-corrected chi connectivity index (χ0v) is 8.91. The lowest BCUT2D eigenvalue weighted by atomic mass is 10.1. The van der Waals surface area contributed by atoms with E-state index in [4.69, 9.17) is 10.8 Å². The maximum atomic E-state index is 12.4. The van der Waals surface area contributed by atoms with Gasteiger partial charge in [-0.25, -0.2) is 0 Å². The number of aliphatic carboxylic acids is 1. The van der Waals surface area contributed by atoms with Gasteiger partial charge in [-0.2, -0.15) is 13.2 Å². The lowest BCUT2D eigenvalue weighted by molar-refractivity contribution is -0.137. The van der Waals surface area contributed by atoms with Crippen LogP contribution in [0, 0.1) is 0 Å². The van der Waals surface area contributed by atoms with Gasteiger partial charge in [-0.1, -0.05) is 0 Å². The molecule has 0 aliphatic rings. The number of rotatable bonds is 4. The summed E-state index contributed by atoms with van der Waals surface area (Å²) in [6.07, 6.45) is -4.60. The van der Waals surface area contributed by atoms with Gasteiger partial charge in [0.05, 0.1) is 11.1 Å². The summed E-state index contributed by atoms with van der Waals surface area (Å²) in [6.45, 7) is -0.536. The third kappa shape index (κ3) is 3.37. The molecule has 0 bridgehead atoms. The first-order chi connectivity index (χ1) is 8.21. The van der Waals surface area contributed by atoms with Gasteiger partial charge in [0.15, 0.2) is 0 Å². The molecule has 0 fully saturated rings. The van der Waals surface area contributed by atoms with Gasteiger partial charge in [0.2, 0.25) is 0 Å². The maximum absolute atomic E-state index is 12.4. The van der Waals surface area contributed by atoms with E-state index in [-0.39, 0.29) is 5.69 Å². The van der Waals surface area contributed by atoms with Gasteiger partial charge < -0.3 is 16.2 Å². The van der Waals surface area contributed by atoms with E-state index in [9.17, 15) is 22.8 Å². The summed E-state index contributed by atoms with van der Waals surface area (Å²) >= 11 is 0. The Morgan fingerprint density at radius 3 is 2.39 bits per heavy atom. The van der Waals surface area contributed by atoms with Crippen LogP contribution in [0.3, 0.4) is 0 Å². The molecule has 0 aliphatic carbocycles. The molecule has 5 nitrogen and oxygen atoms in total. The highest BCUT2D eigenvalue weighted by Gasteiger charge is 2.31. The predicted molar refractivity (Wildman–Crippen MR) is 56.1 cm³/mol. The van der Waals surface area contributed by atoms with E-state index in [1.54, 1.807) is 0 Å². The Kier molecular flexibility index (Phi) is 3.79. The van der Waals surface area contributed by atoms with Crippen LogP contribution in [0.5, 0.6) is 0 Å². The lowest BCUT2D eigenvalue weighted by Gasteiger charge is -2.12. The van der Waals surface area contributed by atoms with Crippen LogP contribution >= 0.6 is 0 Å². The molecule has 0 atom stereocenters. The van der Waals surface area contributed by atoms with Crippen LogP contribution in [0.15, 0.2) is 18.2 Å². The fourth-order valence-electron chi connectivity index (χ4n) is 1.25. The lowest BCUT2D eigenvalue weighted by Crippen LogP contribution is -2.19. The molecule has 18 heavy (non-hydrogen) atoms. The number of nitrogens with one attached hydrogen (secondary N) is 1. The molecule has 1 aromatic carbocycles. The van der Waals surface area contributed by atoms with Crippen molar-refractivity contribution < 1.29 is 27.9 Å². The molecular formula is C10H9F3N2O3. The molecule has 0 saturated heterocycles. The van der Waals surface area contributed by atoms with Gasteiger partial charge in [-0.3, -0.25) is 9.59 Å². The maximum Gasteiger partial charge on any atom is 0.416 e. The van der Waals surface area contributed by atoms with Crippen molar-refractivity contribution in [2.24, 2.45) is 5.73 Å². The van der Waals surface area contributed by atoms with E-state index < -0.39 is 35.7 Å². The molecule has 1 amide bonds. The second-order valence-corrected chi connectivity index (χ2v) is 3.37. The Morgan fingerprint density at radius 1 is 1.33 bits per heavy atom. The van der Waals surface area contributed by atoms with Crippen molar-refractivity contribution in [3.8, 4) is 0 Å². The second-order valence-electron chi connectivity index (χ2n) is 3.37. The molecular weight excluding hydrogens is 253 g/mol. The van der Waals surface area contributed by atoms with E-state index >= 15 is 0 Å². The zero-order valence-electron chi connectivity index (χ0n) is 8.91. The third-order valence-corrected chi connectivity index (χ3v) is 2.04.